The SMILES string of the molecule is CCNc1nc(-c2cccc(C)c2C)nc(CC)c1C. The molecule has 1 N–H and O–H groups in total. The van der Waals surface area contributed by atoms with Gasteiger partial charge in [-0.1, -0.05) is 25.1 Å². The molecule has 0 amide bonds. The molecule has 2 aromatic rings. The van der Waals surface area contributed by atoms with Crippen molar-refractivity contribution in [1.29, 1.82) is 0 Å². The lowest BCUT2D eigenvalue weighted by atomic mass is 10.0. The van der Waals surface area contributed by atoms with Crippen LogP contribution in [0.4, 0.5) is 5.82 Å². The molecule has 0 fully saturated rings. The van der Waals surface area contributed by atoms with Crippen molar-refractivity contribution in [1.82, 2.24) is 9.97 Å². The first-order valence-corrected chi connectivity index (χ1v) is 7.26. The van der Waals surface area contributed by atoms with Crippen molar-refractivity contribution in [2.45, 2.75) is 41.0 Å². The highest BCUT2D eigenvalue weighted by Crippen LogP contribution is 2.26. The normalized spacial score (nSPS) is 10.7. The highest BCUT2D eigenvalue weighted by atomic mass is 15.0. The zero-order chi connectivity index (χ0) is 14.7. The fourth-order valence-corrected chi connectivity index (χ4v) is 2.36. The van der Waals surface area contributed by atoms with E-state index in [1.165, 1.54) is 11.1 Å². The van der Waals surface area contributed by atoms with Gasteiger partial charge >= 0.3 is 0 Å². The summed E-state index contributed by atoms with van der Waals surface area (Å²) in [5, 5.41) is 3.34. The van der Waals surface area contributed by atoms with Gasteiger partial charge in [0.1, 0.15) is 5.82 Å². The minimum absolute atomic E-state index is 0.824. The van der Waals surface area contributed by atoms with Crippen molar-refractivity contribution in [2.24, 2.45) is 0 Å². The summed E-state index contributed by atoms with van der Waals surface area (Å²) in [6, 6.07) is 6.29. The van der Waals surface area contributed by atoms with Gasteiger partial charge in [-0.05, 0) is 45.2 Å². The lowest BCUT2D eigenvalue weighted by Gasteiger charge is -2.14. The molecular formula is C17H23N3. The van der Waals surface area contributed by atoms with Gasteiger partial charge in [0.15, 0.2) is 5.82 Å². The molecule has 0 aliphatic rings. The Morgan fingerprint density at radius 3 is 2.40 bits per heavy atom. The van der Waals surface area contributed by atoms with Gasteiger partial charge in [-0.3, -0.25) is 0 Å². The highest BCUT2D eigenvalue weighted by Gasteiger charge is 2.12. The van der Waals surface area contributed by atoms with E-state index in [9.17, 15) is 0 Å². The molecule has 3 heteroatoms. The number of benzene rings is 1. The molecule has 0 radical (unpaired) electrons. The van der Waals surface area contributed by atoms with Crippen LogP contribution in [0.1, 0.15) is 36.2 Å². The monoisotopic (exact) mass is 269 g/mol. The van der Waals surface area contributed by atoms with Crippen LogP contribution in [0.25, 0.3) is 11.4 Å². The Morgan fingerprint density at radius 2 is 1.75 bits per heavy atom. The van der Waals surface area contributed by atoms with Crippen molar-refractivity contribution >= 4 is 5.82 Å². The lowest BCUT2D eigenvalue weighted by molar-refractivity contribution is 0.969. The number of aromatic nitrogens is 2. The molecule has 1 heterocycles. The van der Waals surface area contributed by atoms with Crippen LogP contribution in [0.5, 0.6) is 0 Å². The number of nitrogens with zero attached hydrogens (tertiary/aromatic N) is 2. The Labute approximate surface area is 121 Å². The van der Waals surface area contributed by atoms with Crippen molar-refractivity contribution in [2.75, 3.05) is 11.9 Å². The Bertz CT molecular complexity index is 618. The number of hydrogen-bond donors (Lipinski definition) is 1. The van der Waals surface area contributed by atoms with Crippen LogP contribution in [0, 0.1) is 20.8 Å². The second-order valence-corrected chi connectivity index (χ2v) is 5.10. The van der Waals surface area contributed by atoms with E-state index in [4.69, 9.17) is 9.97 Å². The van der Waals surface area contributed by atoms with E-state index in [-0.39, 0.29) is 0 Å². The van der Waals surface area contributed by atoms with Crippen LogP contribution in [0.15, 0.2) is 18.2 Å². The molecule has 3 nitrogen and oxygen atoms in total. The lowest BCUT2D eigenvalue weighted by Crippen LogP contribution is -2.08. The number of hydrogen-bond acceptors (Lipinski definition) is 3. The van der Waals surface area contributed by atoms with Gasteiger partial charge in [-0.15, -0.1) is 0 Å². The third kappa shape index (κ3) is 2.67. The minimum Gasteiger partial charge on any atom is -0.370 e. The fraction of sp³-hybridized carbons (Fsp3) is 0.412. The van der Waals surface area contributed by atoms with E-state index >= 15 is 0 Å². The summed E-state index contributed by atoms with van der Waals surface area (Å²) in [4.78, 5) is 9.48. The molecule has 1 aromatic carbocycles. The molecule has 0 atom stereocenters. The highest BCUT2D eigenvalue weighted by molar-refractivity contribution is 5.64. The molecule has 0 aliphatic carbocycles. The van der Waals surface area contributed by atoms with Gasteiger partial charge in [0.2, 0.25) is 0 Å². The van der Waals surface area contributed by atoms with E-state index in [1.807, 2.05) is 0 Å². The van der Waals surface area contributed by atoms with Crippen LogP contribution in [-0.2, 0) is 6.42 Å². The van der Waals surface area contributed by atoms with Crippen molar-refractivity contribution < 1.29 is 0 Å². The standard InChI is InChI=1S/C17H23N3/c1-6-15-13(5)16(18-7-2)20-17(19-15)14-10-8-9-11(3)12(14)4/h8-10H,6-7H2,1-5H3,(H,18,19,20). The van der Waals surface area contributed by atoms with Gasteiger partial charge in [0.05, 0.1) is 0 Å². The quantitative estimate of drug-likeness (QED) is 0.909. The van der Waals surface area contributed by atoms with Crippen molar-refractivity contribution in [3.8, 4) is 11.4 Å². The Kier molecular flexibility index (Phi) is 4.38. The summed E-state index contributed by atoms with van der Waals surface area (Å²) in [7, 11) is 0. The molecule has 0 unspecified atom stereocenters. The predicted octanol–water partition coefficient (Wildman–Crippen LogP) is 4.06. The zero-order valence-corrected chi connectivity index (χ0v) is 13.0. The van der Waals surface area contributed by atoms with Crippen LogP contribution < -0.4 is 5.32 Å². The molecule has 106 valence electrons. The molecule has 20 heavy (non-hydrogen) atoms. The summed E-state index contributed by atoms with van der Waals surface area (Å²) < 4.78 is 0. The van der Waals surface area contributed by atoms with Gasteiger partial charge < -0.3 is 5.32 Å². The predicted molar refractivity (Wildman–Crippen MR) is 85.2 cm³/mol. The maximum absolute atomic E-state index is 4.75. The molecule has 0 aliphatic heterocycles. The molecule has 0 saturated carbocycles. The Balaban J connectivity index is 2.62. The third-order valence-corrected chi connectivity index (χ3v) is 3.77. The van der Waals surface area contributed by atoms with E-state index in [0.717, 1.165) is 41.4 Å². The van der Waals surface area contributed by atoms with Gasteiger partial charge in [0, 0.05) is 23.4 Å². The third-order valence-electron chi connectivity index (χ3n) is 3.77. The largest absolute Gasteiger partial charge is 0.370 e. The maximum Gasteiger partial charge on any atom is 0.162 e. The van der Waals surface area contributed by atoms with Gasteiger partial charge in [0.25, 0.3) is 0 Å². The summed E-state index contributed by atoms with van der Waals surface area (Å²) in [5.41, 5.74) is 5.92. The van der Waals surface area contributed by atoms with Gasteiger partial charge in [-0.25, -0.2) is 9.97 Å². The number of rotatable bonds is 4. The number of aryl methyl sites for hydroxylation is 2. The smallest absolute Gasteiger partial charge is 0.162 e. The maximum atomic E-state index is 4.75. The van der Waals surface area contributed by atoms with E-state index in [2.05, 4.69) is 58.1 Å². The average Bonchev–Trinajstić information content (AvgIpc) is 2.44. The molecule has 0 spiro atoms. The number of nitrogens with one attached hydrogen (secondary N) is 1. The summed E-state index contributed by atoms with van der Waals surface area (Å²) in [6.45, 7) is 11.4. The topological polar surface area (TPSA) is 37.8 Å². The zero-order valence-electron chi connectivity index (χ0n) is 13.0. The van der Waals surface area contributed by atoms with E-state index < -0.39 is 0 Å². The number of anilines is 1. The minimum atomic E-state index is 0.824. The van der Waals surface area contributed by atoms with Crippen molar-refractivity contribution in [3.05, 3.63) is 40.6 Å². The molecule has 1 aromatic heterocycles. The molecule has 0 bridgehead atoms. The Morgan fingerprint density at radius 1 is 1.00 bits per heavy atom. The second kappa shape index (κ2) is 6.04. The summed E-state index contributed by atoms with van der Waals surface area (Å²) >= 11 is 0. The van der Waals surface area contributed by atoms with E-state index in [0.29, 0.717) is 0 Å². The van der Waals surface area contributed by atoms with Crippen molar-refractivity contribution in [3.63, 3.8) is 0 Å². The summed E-state index contributed by atoms with van der Waals surface area (Å²) in [5.74, 6) is 1.78. The Hall–Kier alpha value is -1.90. The molecule has 2 rings (SSSR count). The molecular weight excluding hydrogens is 246 g/mol. The second-order valence-electron chi connectivity index (χ2n) is 5.10. The molecule has 0 saturated heterocycles. The first kappa shape index (κ1) is 14.5. The van der Waals surface area contributed by atoms with Crippen LogP contribution in [0.2, 0.25) is 0 Å². The van der Waals surface area contributed by atoms with Crippen LogP contribution in [-0.4, -0.2) is 16.5 Å². The average molecular weight is 269 g/mol. The first-order chi connectivity index (χ1) is 9.58. The van der Waals surface area contributed by atoms with Crippen LogP contribution in [0.3, 0.4) is 0 Å². The van der Waals surface area contributed by atoms with Gasteiger partial charge in [-0.2, -0.15) is 0 Å². The van der Waals surface area contributed by atoms with Crippen LogP contribution >= 0.6 is 0 Å². The van der Waals surface area contributed by atoms with E-state index in [1.54, 1.807) is 0 Å². The summed E-state index contributed by atoms with van der Waals surface area (Å²) in [6.07, 6.45) is 0.921. The first-order valence-electron chi connectivity index (χ1n) is 7.26. The fourth-order valence-electron chi connectivity index (χ4n) is 2.36.